The van der Waals surface area contributed by atoms with Gasteiger partial charge in [-0.3, -0.25) is 0 Å². The largest absolute Gasteiger partial charge is 0.355 e. The van der Waals surface area contributed by atoms with Crippen LogP contribution in [-0.2, 0) is 10.0 Å². The maximum absolute atomic E-state index is 13.2. The normalized spacial score (nSPS) is 18.3. The van der Waals surface area contributed by atoms with E-state index in [2.05, 4.69) is 9.71 Å². The first kappa shape index (κ1) is 15.8. The van der Waals surface area contributed by atoms with Gasteiger partial charge in [0.05, 0.1) is 4.90 Å². The zero-order valence-electron chi connectivity index (χ0n) is 12.1. The van der Waals surface area contributed by atoms with Crippen LogP contribution in [-0.4, -0.2) is 32.5 Å². The Bertz CT molecular complexity index is 800. The zero-order valence-corrected chi connectivity index (χ0v) is 12.9. The van der Waals surface area contributed by atoms with E-state index >= 15 is 0 Å². The van der Waals surface area contributed by atoms with E-state index in [4.69, 9.17) is 0 Å². The second-order valence-electron chi connectivity index (χ2n) is 5.32. The highest BCUT2D eigenvalue weighted by Crippen LogP contribution is 2.20. The van der Waals surface area contributed by atoms with Crippen LogP contribution in [0.15, 0.2) is 47.5 Å². The van der Waals surface area contributed by atoms with Crippen molar-refractivity contribution in [1.82, 2.24) is 9.71 Å². The summed E-state index contributed by atoms with van der Waals surface area (Å²) in [6.07, 6.45) is 2.29. The molecule has 3 rings (SSSR count). The summed E-state index contributed by atoms with van der Waals surface area (Å²) in [5, 5.41) is 0. The van der Waals surface area contributed by atoms with Gasteiger partial charge >= 0.3 is 0 Å². The van der Waals surface area contributed by atoms with Crippen LogP contribution in [0.3, 0.4) is 0 Å². The third kappa shape index (κ3) is 3.48. The van der Waals surface area contributed by atoms with Gasteiger partial charge < -0.3 is 4.90 Å². The average Bonchev–Trinajstić information content (AvgIpc) is 2.98. The Morgan fingerprint density at radius 3 is 2.70 bits per heavy atom. The zero-order chi connectivity index (χ0) is 16.4. The van der Waals surface area contributed by atoms with Crippen molar-refractivity contribution in [3.8, 4) is 0 Å². The van der Waals surface area contributed by atoms with Crippen molar-refractivity contribution in [2.45, 2.75) is 17.4 Å². The van der Waals surface area contributed by atoms with Gasteiger partial charge in [-0.25, -0.2) is 26.9 Å². The SMILES string of the molecule is O=S(=O)(NC1CCN(c2ccccn2)C1)c1ccc(F)c(F)c1. The Kier molecular flexibility index (Phi) is 4.27. The predicted molar refractivity (Wildman–Crippen MR) is 81.5 cm³/mol. The van der Waals surface area contributed by atoms with Crippen LogP contribution < -0.4 is 9.62 Å². The number of benzene rings is 1. The molecule has 1 aromatic carbocycles. The molecular formula is C15H15F2N3O2S. The third-order valence-electron chi connectivity index (χ3n) is 3.68. The molecule has 1 aliphatic rings. The summed E-state index contributed by atoms with van der Waals surface area (Å²) >= 11 is 0. The van der Waals surface area contributed by atoms with Crippen molar-refractivity contribution in [3.63, 3.8) is 0 Å². The summed E-state index contributed by atoms with van der Waals surface area (Å²) in [6, 6.07) is 7.75. The fourth-order valence-electron chi connectivity index (χ4n) is 2.54. The van der Waals surface area contributed by atoms with Crippen LogP contribution in [0.4, 0.5) is 14.6 Å². The molecule has 0 bridgehead atoms. The molecule has 2 heterocycles. The Hall–Kier alpha value is -2.06. The van der Waals surface area contributed by atoms with Crippen molar-refractivity contribution in [1.29, 1.82) is 0 Å². The molecule has 2 aromatic rings. The quantitative estimate of drug-likeness (QED) is 0.924. The Morgan fingerprint density at radius 2 is 2.00 bits per heavy atom. The molecular weight excluding hydrogens is 324 g/mol. The van der Waals surface area contributed by atoms with Crippen molar-refractivity contribution < 1.29 is 17.2 Å². The molecule has 1 saturated heterocycles. The highest BCUT2D eigenvalue weighted by molar-refractivity contribution is 7.89. The van der Waals surface area contributed by atoms with Crippen molar-refractivity contribution >= 4 is 15.8 Å². The molecule has 1 aromatic heterocycles. The van der Waals surface area contributed by atoms with Crippen LogP contribution in [0.5, 0.6) is 0 Å². The summed E-state index contributed by atoms with van der Waals surface area (Å²) < 4.78 is 53.2. The lowest BCUT2D eigenvalue weighted by Crippen LogP contribution is -2.37. The molecule has 0 amide bonds. The Balaban J connectivity index is 1.71. The molecule has 23 heavy (non-hydrogen) atoms. The first-order chi connectivity index (χ1) is 11.0. The van der Waals surface area contributed by atoms with E-state index in [0.29, 0.717) is 25.6 Å². The minimum Gasteiger partial charge on any atom is -0.355 e. The fourth-order valence-corrected chi connectivity index (χ4v) is 3.81. The minimum absolute atomic E-state index is 0.285. The molecule has 1 atom stereocenters. The van der Waals surface area contributed by atoms with Crippen molar-refractivity contribution in [3.05, 3.63) is 54.2 Å². The predicted octanol–water partition coefficient (Wildman–Crippen LogP) is 1.92. The monoisotopic (exact) mass is 339 g/mol. The number of aromatic nitrogens is 1. The molecule has 8 heteroatoms. The number of hydrogen-bond acceptors (Lipinski definition) is 4. The number of sulfonamides is 1. The maximum atomic E-state index is 13.2. The highest BCUT2D eigenvalue weighted by atomic mass is 32.2. The van der Waals surface area contributed by atoms with Gasteiger partial charge in [-0.2, -0.15) is 0 Å². The molecule has 0 aliphatic carbocycles. The number of halogens is 2. The lowest BCUT2D eigenvalue weighted by atomic mass is 10.3. The molecule has 1 unspecified atom stereocenters. The average molecular weight is 339 g/mol. The van der Waals surface area contributed by atoms with Gasteiger partial charge in [0.25, 0.3) is 0 Å². The number of anilines is 1. The number of nitrogens with one attached hydrogen (secondary N) is 1. The summed E-state index contributed by atoms with van der Waals surface area (Å²) in [5.41, 5.74) is 0. The molecule has 122 valence electrons. The van der Waals surface area contributed by atoms with Crippen LogP contribution in [0, 0.1) is 11.6 Å². The third-order valence-corrected chi connectivity index (χ3v) is 5.20. The molecule has 0 spiro atoms. The summed E-state index contributed by atoms with van der Waals surface area (Å²) in [5.74, 6) is -1.48. The molecule has 0 saturated carbocycles. The highest BCUT2D eigenvalue weighted by Gasteiger charge is 2.28. The number of hydrogen-bond donors (Lipinski definition) is 1. The van der Waals surface area contributed by atoms with E-state index in [1.807, 2.05) is 23.1 Å². The molecule has 0 radical (unpaired) electrons. The topological polar surface area (TPSA) is 62.3 Å². The van der Waals surface area contributed by atoms with E-state index in [1.54, 1.807) is 6.20 Å². The van der Waals surface area contributed by atoms with Gasteiger partial charge in [-0.05, 0) is 36.8 Å². The molecule has 1 aliphatic heterocycles. The standard InChI is InChI=1S/C15H15F2N3O2S/c16-13-5-4-12(9-14(13)17)23(21,22)19-11-6-8-20(10-11)15-3-1-2-7-18-15/h1-5,7,9,11,19H,6,8,10H2. The van der Waals surface area contributed by atoms with E-state index < -0.39 is 21.7 Å². The van der Waals surface area contributed by atoms with Crippen LogP contribution in [0.1, 0.15) is 6.42 Å². The first-order valence-electron chi connectivity index (χ1n) is 7.09. The lowest BCUT2D eigenvalue weighted by molar-refractivity contribution is 0.503. The lowest BCUT2D eigenvalue weighted by Gasteiger charge is -2.17. The Morgan fingerprint density at radius 1 is 1.17 bits per heavy atom. The van der Waals surface area contributed by atoms with Crippen LogP contribution in [0.2, 0.25) is 0 Å². The smallest absolute Gasteiger partial charge is 0.240 e. The van der Waals surface area contributed by atoms with Gasteiger partial charge in [-0.15, -0.1) is 0 Å². The van der Waals surface area contributed by atoms with E-state index in [1.165, 1.54) is 0 Å². The second kappa shape index (κ2) is 6.21. The van der Waals surface area contributed by atoms with Crippen LogP contribution in [0.25, 0.3) is 0 Å². The van der Waals surface area contributed by atoms with Gasteiger partial charge in [0.2, 0.25) is 10.0 Å². The fraction of sp³-hybridized carbons (Fsp3) is 0.267. The first-order valence-corrected chi connectivity index (χ1v) is 8.57. The van der Waals surface area contributed by atoms with Gasteiger partial charge in [0.15, 0.2) is 11.6 Å². The van der Waals surface area contributed by atoms with Gasteiger partial charge in [0.1, 0.15) is 5.82 Å². The van der Waals surface area contributed by atoms with Crippen LogP contribution >= 0.6 is 0 Å². The van der Waals surface area contributed by atoms with E-state index in [0.717, 1.165) is 18.0 Å². The van der Waals surface area contributed by atoms with E-state index in [-0.39, 0.29) is 10.9 Å². The number of rotatable bonds is 4. The Labute approximate surface area is 133 Å². The molecule has 1 fully saturated rings. The maximum Gasteiger partial charge on any atom is 0.240 e. The van der Waals surface area contributed by atoms with E-state index in [9.17, 15) is 17.2 Å². The van der Waals surface area contributed by atoms with Crippen molar-refractivity contribution in [2.75, 3.05) is 18.0 Å². The second-order valence-corrected chi connectivity index (χ2v) is 7.03. The molecule has 5 nitrogen and oxygen atoms in total. The molecule has 1 N–H and O–H groups in total. The van der Waals surface area contributed by atoms with Crippen molar-refractivity contribution in [2.24, 2.45) is 0 Å². The number of nitrogens with zero attached hydrogens (tertiary/aromatic N) is 2. The summed E-state index contributed by atoms with van der Waals surface area (Å²) in [4.78, 5) is 5.91. The van der Waals surface area contributed by atoms with Gasteiger partial charge in [-0.1, -0.05) is 6.07 Å². The number of pyridine rings is 1. The summed E-state index contributed by atoms with van der Waals surface area (Å²) in [7, 11) is -3.89. The summed E-state index contributed by atoms with van der Waals surface area (Å²) in [6.45, 7) is 1.14. The minimum atomic E-state index is -3.89. The van der Waals surface area contributed by atoms with Gasteiger partial charge in [0, 0.05) is 25.3 Å².